The summed E-state index contributed by atoms with van der Waals surface area (Å²) in [5.74, 6) is 0.0744. The van der Waals surface area contributed by atoms with Crippen LogP contribution in [0.15, 0.2) is 18.2 Å². The van der Waals surface area contributed by atoms with Gasteiger partial charge in [0, 0.05) is 57.7 Å². The number of amides is 2. The predicted octanol–water partition coefficient (Wildman–Crippen LogP) is 2.64. The molecule has 0 atom stereocenters. The van der Waals surface area contributed by atoms with Crippen LogP contribution in [-0.2, 0) is 20.7 Å². The van der Waals surface area contributed by atoms with Gasteiger partial charge in [-0.3, -0.25) is 14.5 Å². The Balaban J connectivity index is 1.53. The molecule has 33 heavy (non-hydrogen) atoms. The van der Waals surface area contributed by atoms with E-state index in [1.54, 1.807) is 23.9 Å². The van der Waals surface area contributed by atoms with E-state index in [9.17, 15) is 9.59 Å². The minimum absolute atomic E-state index is 0.00634. The molecule has 0 spiro atoms. The summed E-state index contributed by atoms with van der Waals surface area (Å²) in [6.45, 7) is 8.02. The molecule has 0 aliphatic carbocycles. The van der Waals surface area contributed by atoms with Crippen molar-refractivity contribution in [3.63, 3.8) is 0 Å². The van der Waals surface area contributed by atoms with Gasteiger partial charge in [-0.15, -0.1) is 0 Å². The van der Waals surface area contributed by atoms with Crippen LogP contribution in [0, 0.1) is 13.8 Å². The highest BCUT2D eigenvalue weighted by atomic mass is 35.5. The van der Waals surface area contributed by atoms with Gasteiger partial charge in [0.2, 0.25) is 11.8 Å². The Morgan fingerprint density at radius 2 is 1.85 bits per heavy atom. The number of piperazine rings is 1. The molecule has 0 unspecified atom stereocenters. The number of rotatable bonds is 9. The van der Waals surface area contributed by atoms with Crippen molar-refractivity contribution >= 4 is 35.0 Å². The van der Waals surface area contributed by atoms with E-state index in [2.05, 4.69) is 15.3 Å². The Labute approximate surface area is 204 Å². The first-order chi connectivity index (χ1) is 15.8. The zero-order valence-electron chi connectivity index (χ0n) is 19.4. The Morgan fingerprint density at radius 1 is 1.12 bits per heavy atom. The molecule has 2 aromatic rings. The second-order valence-corrected chi connectivity index (χ2v) is 9.00. The summed E-state index contributed by atoms with van der Waals surface area (Å²) in [7, 11) is 1.65. The van der Waals surface area contributed by atoms with Crippen molar-refractivity contribution < 1.29 is 14.3 Å². The van der Waals surface area contributed by atoms with Crippen molar-refractivity contribution in [2.24, 2.45) is 0 Å². The Morgan fingerprint density at radius 3 is 2.52 bits per heavy atom. The van der Waals surface area contributed by atoms with Crippen molar-refractivity contribution in [3.05, 3.63) is 45.2 Å². The van der Waals surface area contributed by atoms with Gasteiger partial charge in [-0.05, 0) is 38.5 Å². The lowest BCUT2D eigenvalue weighted by Gasteiger charge is -2.34. The Bertz CT molecular complexity index is 987. The predicted molar refractivity (Wildman–Crippen MR) is 129 cm³/mol. The van der Waals surface area contributed by atoms with Crippen LogP contribution in [0.5, 0.6) is 0 Å². The summed E-state index contributed by atoms with van der Waals surface area (Å²) < 4.78 is 6.78. The van der Waals surface area contributed by atoms with Gasteiger partial charge < -0.3 is 15.0 Å². The number of benzene rings is 1. The van der Waals surface area contributed by atoms with Gasteiger partial charge in [-0.25, -0.2) is 4.68 Å². The number of aryl methyl sites for hydroxylation is 1. The van der Waals surface area contributed by atoms with Crippen LogP contribution in [0.4, 0.5) is 0 Å². The molecule has 1 saturated heterocycles. The molecule has 0 bridgehead atoms. The lowest BCUT2D eigenvalue weighted by Crippen LogP contribution is -2.51. The van der Waals surface area contributed by atoms with Crippen molar-refractivity contribution in [3.8, 4) is 5.69 Å². The highest BCUT2D eigenvalue weighted by molar-refractivity contribution is 6.42. The zero-order chi connectivity index (χ0) is 24.0. The number of carbonyl (C=O) groups is 2. The fraction of sp³-hybridized carbons (Fsp3) is 0.522. The van der Waals surface area contributed by atoms with E-state index in [0.29, 0.717) is 62.3 Å². The van der Waals surface area contributed by atoms with Gasteiger partial charge in [0.25, 0.3) is 0 Å². The fourth-order valence-corrected chi connectivity index (χ4v) is 4.21. The van der Waals surface area contributed by atoms with Gasteiger partial charge >= 0.3 is 0 Å². The molecule has 180 valence electrons. The molecule has 3 rings (SSSR count). The number of aromatic nitrogens is 2. The number of hydrogen-bond acceptors (Lipinski definition) is 5. The summed E-state index contributed by atoms with van der Waals surface area (Å²) in [5.41, 5.74) is 3.44. The van der Waals surface area contributed by atoms with Crippen LogP contribution >= 0.6 is 23.2 Å². The molecular formula is C23H31Cl2N5O3. The molecule has 2 amide bonds. The fourth-order valence-electron chi connectivity index (χ4n) is 3.92. The normalized spacial score (nSPS) is 14.5. The zero-order valence-corrected chi connectivity index (χ0v) is 20.9. The van der Waals surface area contributed by atoms with Crippen molar-refractivity contribution in [1.82, 2.24) is 24.9 Å². The highest BCUT2D eigenvalue weighted by Gasteiger charge is 2.24. The SMILES string of the molecule is COCCCNC(=O)CN1CCN(C(=O)Cc2c(C)nn(-c3ccc(Cl)c(Cl)c3)c2C)CC1. The van der Waals surface area contributed by atoms with E-state index in [1.165, 1.54) is 0 Å². The molecule has 2 heterocycles. The van der Waals surface area contributed by atoms with Crippen LogP contribution in [0.2, 0.25) is 10.0 Å². The van der Waals surface area contributed by atoms with Crippen molar-refractivity contribution in [2.45, 2.75) is 26.7 Å². The minimum atomic E-state index is 0.00634. The van der Waals surface area contributed by atoms with Crippen LogP contribution < -0.4 is 5.32 Å². The van der Waals surface area contributed by atoms with Gasteiger partial charge in [0.15, 0.2) is 0 Å². The van der Waals surface area contributed by atoms with E-state index in [0.717, 1.165) is 29.1 Å². The average Bonchev–Trinajstić information content (AvgIpc) is 3.07. The van der Waals surface area contributed by atoms with E-state index in [1.807, 2.05) is 24.8 Å². The lowest BCUT2D eigenvalue weighted by atomic mass is 10.1. The molecular weight excluding hydrogens is 465 g/mol. The second kappa shape index (κ2) is 11.8. The molecule has 1 aliphatic heterocycles. The molecule has 0 radical (unpaired) electrons. The summed E-state index contributed by atoms with van der Waals surface area (Å²) in [6, 6.07) is 5.36. The molecule has 1 aromatic carbocycles. The van der Waals surface area contributed by atoms with Crippen molar-refractivity contribution in [2.75, 3.05) is 53.0 Å². The van der Waals surface area contributed by atoms with Crippen LogP contribution in [0.3, 0.4) is 0 Å². The van der Waals surface area contributed by atoms with E-state index in [4.69, 9.17) is 27.9 Å². The molecule has 0 saturated carbocycles. The first-order valence-electron chi connectivity index (χ1n) is 11.1. The number of methoxy groups -OCH3 is 1. The van der Waals surface area contributed by atoms with E-state index < -0.39 is 0 Å². The maximum Gasteiger partial charge on any atom is 0.234 e. The number of halogens is 2. The minimum Gasteiger partial charge on any atom is -0.385 e. The molecule has 1 aliphatic rings. The third kappa shape index (κ3) is 6.69. The Hall–Kier alpha value is -2.13. The smallest absolute Gasteiger partial charge is 0.234 e. The number of hydrogen-bond donors (Lipinski definition) is 1. The Kier molecular flexibility index (Phi) is 9.14. The average molecular weight is 496 g/mol. The largest absolute Gasteiger partial charge is 0.385 e. The summed E-state index contributed by atoms with van der Waals surface area (Å²) in [6.07, 6.45) is 1.09. The van der Waals surface area contributed by atoms with Gasteiger partial charge in [0.1, 0.15) is 0 Å². The van der Waals surface area contributed by atoms with Gasteiger partial charge in [-0.1, -0.05) is 23.2 Å². The second-order valence-electron chi connectivity index (χ2n) is 8.19. The van der Waals surface area contributed by atoms with Gasteiger partial charge in [0.05, 0.1) is 34.4 Å². The first-order valence-corrected chi connectivity index (χ1v) is 11.8. The standard InChI is InChI=1S/C23H31Cl2N5O3/c1-16-19(17(2)30(27-16)18-5-6-20(24)21(25)13-18)14-23(32)29-10-8-28(9-11-29)15-22(31)26-7-4-12-33-3/h5-6,13H,4,7-12,14-15H2,1-3H3,(H,26,31). The molecule has 8 nitrogen and oxygen atoms in total. The number of nitrogens with one attached hydrogen (secondary N) is 1. The maximum atomic E-state index is 13.0. The van der Waals surface area contributed by atoms with Crippen molar-refractivity contribution in [1.29, 1.82) is 0 Å². The third-order valence-corrected chi connectivity index (χ3v) is 6.60. The monoisotopic (exact) mass is 495 g/mol. The summed E-state index contributed by atoms with van der Waals surface area (Å²) in [4.78, 5) is 29.0. The topological polar surface area (TPSA) is 79.7 Å². The lowest BCUT2D eigenvalue weighted by molar-refractivity contribution is -0.132. The summed E-state index contributed by atoms with van der Waals surface area (Å²) in [5, 5.41) is 8.46. The molecule has 10 heteroatoms. The number of carbonyl (C=O) groups excluding carboxylic acids is 2. The quantitative estimate of drug-likeness (QED) is 0.540. The van der Waals surface area contributed by atoms with Crippen LogP contribution in [-0.4, -0.2) is 84.4 Å². The molecule has 1 fully saturated rings. The number of ether oxygens (including phenoxy) is 1. The van der Waals surface area contributed by atoms with Crippen LogP contribution in [0.25, 0.3) is 5.69 Å². The molecule has 1 N–H and O–H groups in total. The van der Waals surface area contributed by atoms with Gasteiger partial charge in [-0.2, -0.15) is 5.10 Å². The number of nitrogens with zero attached hydrogens (tertiary/aromatic N) is 4. The van der Waals surface area contributed by atoms with Crippen LogP contribution in [0.1, 0.15) is 23.4 Å². The van der Waals surface area contributed by atoms with E-state index >= 15 is 0 Å². The van der Waals surface area contributed by atoms with E-state index in [-0.39, 0.29) is 11.8 Å². The third-order valence-electron chi connectivity index (χ3n) is 5.86. The maximum absolute atomic E-state index is 13.0. The first kappa shape index (κ1) is 25.5. The summed E-state index contributed by atoms with van der Waals surface area (Å²) >= 11 is 12.2. The molecule has 1 aromatic heterocycles. The highest BCUT2D eigenvalue weighted by Crippen LogP contribution is 2.26.